The summed E-state index contributed by atoms with van der Waals surface area (Å²) in [6, 6.07) is 10.8. The first-order valence-electron chi connectivity index (χ1n) is 11.1. The van der Waals surface area contributed by atoms with Crippen LogP contribution in [0.25, 0.3) is 11.5 Å². The summed E-state index contributed by atoms with van der Waals surface area (Å²) in [6.07, 6.45) is 0. The van der Waals surface area contributed by atoms with Gasteiger partial charge in [-0.05, 0) is 56.3 Å². The molecule has 1 N–H and O–H groups in total. The summed E-state index contributed by atoms with van der Waals surface area (Å²) in [6.45, 7) is 6.01. The van der Waals surface area contributed by atoms with E-state index >= 15 is 0 Å². The highest BCUT2D eigenvalue weighted by molar-refractivity contribution is 7.89. The maximum absolute atomic E-state index is 12.7. The maximum atomic E-state index is 12.7. The molecule has 1 aliphatic rings. The minimum atomic E-state index is -3.64. The largest absolute Gasteiger partial charge is 0.490 e. The van der Waals surface area contributed by atoms with Gasteiger partial charge in [-0.2, -0.15) is 4.31 Å². The van der Waals surface area contributed by atoms with Crippen molar-refractivity contribution in [3.63, 3.8) is 0 Å². The second-order valence-electron chi connectivity index (χ2n) is 7.43. The van der Waals surface area contributed by atoms with Gasteiger partial charge in [0.1, 0.15) is 0 Å². The zero-order chi connectivity index (χ0) is 24.8. The third-order valence-corrected chi connectivity index (χ3v) is 7.07. The van der Waals surface area contributed by atoms with Crippen LogP contribution in [0, 0.1) is 0 Å². The van der Waals surface area contributed by atoms with Gasteiger partial charge in [-0.25, -0.2) is 8.42 Å². The summed E-state index contributed by atoms with van der Waals surface area (Å²) >= 11 is 0. The number of rotatable bonds is 9. The molecule has 35 heavy (non-hydrogen) atoms. The number of hydrogen-bond acceptors (Lipinski definition) is 9. The standard InChI is InChI=1S/C23H26N4O7S/c1-3-32-19-10-7-17(15-20(19)33-4-2)22-25-26-23(34-22)24-21(28)16-5-8-18(9-6-16)35(29,30)27-11-13-31-14-12-27/h5-10,15H,3-4,11-14H2,1-2H3,(H,24,26,28). The summed E-state index contributed by atoms with van der Waals surface area (Å²) in [5, 5.41) is 10.4. The monoisotopic (exact) mass is 502 g/mol. The number of aromatic nitrogens is 2. The number of carbonyl (C=O) groups is 1. The number of amides is 1. The van der Waals surface area contributed by atoms with Crippen molar-refractivity contribution in [2.24, 2.45) is 0 Å². The first-order chi connectivity index (χ1) is 16.9. The Morgan fingerprint density at radius 1 is 1.00 bits per heavy atom. The zero-order valence-electron chi connectivity index (χ0n) is 19.4. The molecule has 0 saturated carbocycles. The molecule has 11 nitrogen and oxygen atoms in total. The average molecular weight is 503 g/mol. The Morgan fingerprint density at radius 3 is 2.37 bits per heavy atom. The van der Waals surface area contributed by atoms with E-state index in [4.69, 9.17) is 18.6 Å². The fraction of sp³-hybridized carbons (Fsp3) is 0.348. The molecule has 12 heteroatoms. The topological polar surface area (TPSA) is 133 Å². The summed E-state index contributed by atoms with van der Waals surface area (Å²) in [5.74, 6) is 0.821. The highest BCUT2D eigenvalue weighted by Crippen LogP contribution is 2.33. The Kier molecular flexibility index (Phi) is 7.63. The van der Waals surface area contributed by atoms with Crippen LogP contribution in [-0.2, 0) is 14.8 Å². The van der Waals surface area contributed by atoms with Gasteiger partial charge in [0.25, 0.3) is 5.91 Å². The fourth-order valence-corrected chi connectivity index (χ4v) is 4.87. The van der Waals surface area contributed by atoms with Crippen LogP contribution >= 0.6 is 0 Å². The molecule has 0 bridgehead atoms. The van der Waals surface area contributed by atoms with E-state index in [1.54, 1.807) is 18.2 Å². The molecule has 2 aromatic carbocycles. The lowest BCUT2D eigenvalue weighted by Gasteiger charge is -2.26. The Hall–Kier alpha value is -3.48. The van der Waals surface area contributed by atoms with E-state index in [1.807, 2.05) is 13.8 Å². The van der Waals surface area contributed by atoms with Gasteiger partial charge >= 0.3 is 6.01 Å². The molecule has 3 aromatic rings. The number of sulfonamides is 1. The third-order valence-electron chi connectivity index (χ3n) is 5.16. The second kappa shape index (κ2) is 10.8. The number of hydrogen-bond donors (Lipinski definition) is 1. The van der Waals surface area contributed by atoms with Gasteiger partial charge in [0.05, 0.1) is 31.3 Å². The highest BCUT2D eigenvalue weighted by atomic mass is 32.2. The second-order valence-corrected chi connectivity index (χ2v) is 9.37. The molecule has 1 fully saturated rings. The summed E-state index contributed by atoms with van der Waals surface area (Å²) in [5.41, 5.74) is 0.841. The molecule has 1 aromatic heterocycles. The molecule has 186 valence electrons. The van der Waals surface area contributed by atoms with Crippen LogP contribution in [0.5, 0.6) is 11.5 Å². The summed E-state index contributed by atoms with van der Waals surface area (Å²) < 4.78 is 48.8. The van der Waals surface area contributed by atoms with Crippen LogP contribution < -0.4 is 14.8 Å². The zero-order valence-corrected chi connectivity index (χ0v) is 20.2. The van der Waals surface area contributed by atoms with Crippen molar-refractivity contribution in [1.29, 1.82) is 0 Å². The van der Waals surface area contributed by atoms with Gasteiger partial charge in [-0.15, -0.1) is 5.10 Å². The number of nitrogens with zero attached hydrogens (tertiary/aromatic N) is 3. The van der Waals surface area contributed by atoms with E-state index in [9.17, 15) is 13.2 Å². The van der Waals surface area contributed by atoms with Gasteiger partial charge in [-0.3, -0.25) is 10.1 Å². The molecular formula is C23H26N4O7S. The van der Waals surface area contributed by atoms with Crippen molar-refractivity contribution in [2.45, 2.75) is 18.7 Å². The summed E-state index contributed by atoms with van der Waals surface area (Å²) in [4.78, 5) is 12.7. The predicted molar refractivity (Wildman–Crippen MR) is 126 cm³/mol. The molecule has 2 heterocycles. The van der Waals surface area contributed by atoms with E-state index in [0.717, 1.165) is 0 Å². The molecule has 1 aliphatic heterocycles. The SMILES string of the molecule is CCOc1ccc(-c2nnc(NC(=O)c3ccc(S(=O)(=O)N4CCOCC4)cc3)o2)cc1OCC. The van der Waals surface area contributed by atoms with Gasteiger partial charge in [0.2, 0.25) is 15.9 Å². The normalized spacial score (nSPS) is 14.5. The van der Waals surface area contributed by atoms with Gasteiger partial charge in [-0.1, -0.05) is 5.10 Å². The van der Waals surface area contributed by atoms with Crippen LogP contribution in [0.2, 0.25) is 0 Å². The van der Waals surface area contributed by atoms with Crippen molar-refractivity contribution in [3.8, 4) is 23.0 Å². The van der Waals surface area contributed by atoms with Gasteiger partial charge < -0.3 is 18.6 Å². The van der Waals surface area contributed by atoms with Crippen LogP contribution in [0.1, 0.15) is 24.2 Å². The minimum absolute atomic E-state index is 0.0955. The number of ether oxygens (including phenoxy) is 3. The molecule has 0 spiro atoms. The lowest BCUT2D eigenvalue weighted by molar-refractivity contribution is 0.0730. The minimum Gasteiger partial charge on any atom is -0.490 e. The molecule has 0 atom stereocenters. The molecule has 0 unspecified atom stereocenters. The molecule has 0 aliphatic carbocycles. The molecule has 4 rings (SSSR count). The van der Waals surface area contributed by atoms with Crippen molar-refractivity contribution < 1.29 is 31.8 Å². The lowest BCUT2D eigenvalue weighted by Crippen LogP contribution is -2.40. The van der Waals surface area contributed by atoms with E-state index in [1.165, 1.54) is 28.6 Å². The Balaban J connectivity index is 1.45. The van der Waals surface area contributed by atoms with Gasteiger partial charge in [0, 0.05) is 24.2 Å². The quantitative estimate of drug-likeness (QED) is 0.469. The third kappa shape index (κ3) is 5.61. The van der Waals surface area contributed by atoms with Crippen molar-refractivity contribution in [2.75, 3.05) is 44.8 Å². The number of anilines is 1. The van der Waals surface area contributed by atoms with Crippen molar-refractivity contribution >= 4 is 21.9 Å². The van der Waals surface area contributed by atoms with E-state index in [0.29, 0.717) is 56.6 Å². The molecule has 1 amide bonds. The molecule has 1 saturated heterocycles. The average Bonchev–Trinajstić information content (AvgIpc) is 3.34. The first-order valence-corrected chi connectivity index (χ1v) is 12.6. The number of nitrogens with one attached hydrogen (secondary N) is 1. The van der Waals surface area contributed by atoms with E-state index < -0.39 is 15.9 Å². The number of morpholine rings is 1. The number of carbonyl (C=O) groups excluding carboxylic acids is 1. The Morgan fingerprint density at radius 2 is 1.69 bits per heavy atom. The highest BCUT2D eigenvalue weighted by Gasteiger charge is 2.26. The van der Waals surface area contributed by atoms with Crippen LogP contribution in [0.15, 0.2) is 51.8 Å². The summed E-state index contributed by atoms with van der Waals surface area (Å²) in [7, 11) is -3.64. The fourth-order valence-electron chi connectivity index (χ4n) is 3.46. The van der Waals surface area contributed by atoms with Crippen molar-refractivity contribution in [3.05, 3.63) is 48.0 Å². The van der Waals surface area contributed by atoms with Crippen LogP contribution in [0.4, 0.5) is 6.01 Å². The Labute approximate surface area is 203 Å². The number of benzene rings is 2. The van der Waals surface area contributed by atoms with Gasteiger partial charge in [0.15, 0.2) is 11.5 Å². The maximum Gasteiger partial charge on any atom is 0.322 e. The smallest absolute Gasteiger partial charge is 0.322 e. The van der Waals surface area contributed by atoms with E-state index in [-0.39, 0.29) is 22.4 Å². The molecular weight excluding hydrogens is 476 g/mol. The van der Waals surface area contributed by atoms with Crippen molar-refractivity contribution in [1.82, 2.24) is 14.5 Å². The predicted octanol–water partition coefficient (Wildman–Crippen LogP) is 2.81. The molecule has 0 radical (unpaired) electrons. The van der Waals surface area contributed by atoms with Crippen LogP contribution in [-0.4, -0.2) is 68.3 Å². The first kappa shape index (κ1) is 24.6. The van der Waals surface area contributed by atoms with E-state index in [2.05, 4.69) is 15.5 Å². The lowest BCUT2D eigenvalue weighted by atomic mass is 10.2. The Bertz CT molecular complexity index is 1270. The van der Waals surface area contributed by atoms with Crippen LogP contribution in [0.3, 0.4) is 0 Å².